The van der Waals surface area contributed by atoms with E-state index in [1.54, 1.807) is 17.0 Å². The lowest BCUT2D eigenvalue weighted by Gasteiger charge is -2.20. The van der Waals surface area contributed by atoms with Crippen molar-refractivity contribution >= 4 is 40.4 Å². The molecule has 0 bridgehead atoms. The number of carbonyl (C=O) groups excluding carboxylic acids is 2. The molecule has 1 aliphatic heterocycles. The van der Waals surface area contributed by atoms with E-state index < -0.39 is 0 Å². The molecule has 0 aliphatic carbocycles. The fourth-order valence-electron chi connectivity index (χ4n) is 1.83. The third-order valence-corrected chi connectivity index (χ3v) is 3.65. The fourth-order valence-corrected chi connectivity index (χ4v) is 2.67. The maximum absolute atomic E-state index is 12.3. The second-order valence-corrected chi connectivity index (χ2v) is 5.45. The predicted molar refractivity (Wildman–Crippen MR) is 74.9 cm³/mol. The highest BCUT2D eigenvalue weighted by Crippen LogP contribution is 2.21. The zero-order valence-electron chi connectivity index (χ0n) is 9.65. The average Bonchev–Trinajstić information content (AvgIpc) is 2.53. The summed E-state index contributed by atoms with van der Waals surface area (Å²) in [6.45, 7) is 1.49. The molecule has 96 valence electrons. The number of benzene rings is 1. The summed E-state index contributed by atoms with van der Waals surface area (Å²) in [4.78, 5) is 25.9. The molecule has 2 rings (SSSR count). The summed E-state index contributed by atoms with van der Waals surface area (Å²) >= 11 is 7.64. The van der Waals surface area contributed by atoms with Crippen LogP contribution >= 0.6 is 28.6 Å². The van der Waals surface area contributed by atoms with Gasteiger partial charge in [-0.15, -0.1) is 12.6 Å². The molecular formula is C12H13BrN2O2S. The Morgan fingerprint density at radius 3 is 2.89 bits per heavy atom. The summed E-state index contributed by atoms with van der Waals surface area (Å²) < 4.78 is 0.886. The Morgan fingerprint density at radius 1 is 1.39 bits per heavy atom. The molecule has 1 saturated heterocycles. The SMILES string of the molecule is O=C1CCN(C(=O)c2ccc(Br)cc2S)CCN1. The highest BCUT2D eigenvalue weighted by atomic mass is 79.9. The molecule has 2 amide bonds. The summed E-state index contributed by atoms with van der Waals surface area (Å²) in [5.41, 5.74) is 0.566. The van der Waals surface area contributed by atoms with E-state index in [0.717, 1.165) is 4.47 Å². The minimum absolute atomic E-state index is 0.00722. The van der Waals surface area contributed by atoms with E-state index in [1.165, 1.54) is 0 Å². The molecule has 0 saturated carbocycles. The molecule has 1 fully saturated rings. The maximum atomic E-state index is 12.3. The molecule has 0 spiro atoms. The van der Waals surface area contributed by atoms with Gasteiger partial charge in [0, 0.05) is 35.4 Å². The largest absolute Gasteiger partial charge is 0.354 e. The Bertz CT molecular complexity index is 493. The fraction of sp³-hybridized carbons (Fsp3) is 0.333. The van der Waals surface area contributed by atoms with Crippen molar-refractivity contribution in [2.75, 3.05) is 19.6 Å². The first-order valence-corrected chi connectivity index (χ1v) is 6.86. The van der Waals surface area contributed by atoms with Crippen molar-refractivity contribution in [1.82, 2.24) is 10.2 Å². The Balaban J connectivity index is 2.17. The minimum Gasteiger partial charge on any atom is -0.354 e. The second-order valence-electron chi connectivity index (χ2n) is 4.05. The molecule has 6 heteroatoms. The predicted octanol–water partition coefficient (Wildman–Crippen LogP) is 1.70. The number of nitrogens with zero attached hydrogens (tertiary/aromatic N) is 1. The topological polar surface area (TPSA) is 49.4 Å². The van der Waals surface area contributed by atoms with Crippen molar-refractivity contribution in [1.29, 1.82) is 0 Å². The van der Waals surface area contributed by atoms with E-state index in [-0.39, 0.29) is 11.8 Å². The van der Waals surface area contributed by atoms with Crippen molar-refractivity contribution in [3.05, 3.63) is 28.2 Å². The number of amides is 2. The third-order valence-electron chi connectivity index (χ3n) is 2.79. The van der Waals surface area contributed by atoms with Crippen LogP contribution in [0.1, 0.15) is 16.8 Å². The van der Waals surface area contributed by atoms with Crippen LogP contribution in [0, 0.1) is 0 Å². The molecule has 0 atom stereocenters. The summed E-state index contributed by atoms with van der Waals surface area (Å²) in [5, 5.41) is 2.75. The molecule has 1 aliphatic rings. The highest BCUT2D eigenvalue weighted by Gasteiger charge is 2.21. The van der Waals surface area contributed by atoms with E-state index in [2.05, 4.69) is 33.9 Å². The van der Waals surface area contributed by atoms with Crippen LogP contribution in [-0.2, 0) is 4.79 Å². The van der Waals surface area contributed by atoms with E-state index in [0.29, 0.717) is 36.5 Å². The van der Waals surface area contributed by atoms with Gasteiger partial charge in [0.05, 0.1) is 5.56 Å². The summed E-state index contributed by atoms with van der Waals surface area (Å²) in [6.07, 6.45) is 0.351. The molecule has 4 nitrogen and oxygen atoms in total. The zero-order valence-corrected chi connectivity index (χ0v) is 12.1. The van der Waals surface area contributed by atoms with Gasteiger partial charge in [-0.1, -0.05) is 15.9 Å². The van der Waals surface area contributed by atoms with E-state index >= 15 is 0 Å². The molecule has 1 aromatic rings. The van der Waals surface area contributed by atoms with E-state index in [4.69, 9.17) is 0 Å². The van der Waals surface area contributed by atoms with Gasteiger partial charge in [-0.25, -0.2) is 0 Å². The van der Waals surface area contributed by atoms with Crippen molar-refractivity contribution < 1.29 is 9.59 Å². The quantitative estimate of drug-likeness (QED) is 0.771. The van der Waals surface area contributed by atoms with Gasteiger partial charge in [0.15, 0.2) is 0 Å². The smallest absolute Gasteiger partial charge is 0.255 e. The standard InChI is InChI=1S/C12H13BrN2O2S/c13-8-1-2-9(10(18)7-8)12(17)15-5-3-11(16)14-4-6-15/h1-2,7,18H,3-6H2,(H,14,16). The number of rotatable bonds is 1. The monoisotopic (exact) mass is 328 g/mol. The van der Waals surface area contributed by atoms with Crippen LogP contribution in [0.25, 0.3) is 0 Å². The van der Waals surface area contributed by atoms with Crippen LogP contribution in [0.5, 0.6) is 0 Å². The van der Waals surface area contributed by atoms with Crippen LogP contribution in [-0.4, -0.2) is 36.3 Å². The average molecular weight is 329 g/mol. The number of halogens is 1. The first-order chi connectivity index (χ1) is 8.58. The molecule has 1 aromatic carbocycles. The van der Waals surface area contributed by atoms with Crippen molar-refractivity contribution in [2.45, 2.75) is 11.3 Å². The number of carbonyl (C=O) groups is 2. The van der Waals surface area contributed by atoms with Gasteiger partial charge < -0.3 is 10.2 Å². The molecule has 0 radical (unpaired) electrons. The lowest BCUT2D eigenvalue weighted by molar-refractivity contribution is -0.120. The normalized spacial score (nSPS) is 16.1. The van der Waals surface area contributed by atoms with Gasteiger partial charge in [0.2, 0.25) is 5.91 Å². The third kappa shape index (κ3) is 3.05. The Labute approximate surface area is 119 Å². The summed E-state index contributed by atoms with van der Waals surface area (Å²) in [7, 11) is 0. The Morgan fingerprint density at radius 2 is 2.17 bits per heavy atom. The van der Waals surface area contributed by atoms with E-state index in [9.17, 15) is 9.59 Å². The maximum Gasteiger partial charge on any atom is 0.255 e. The van der Waals surface area contributed by atoms with Crippen LogP contribution in [0.4, 0.5) is 0 Å². The van der Waals surface area contributed by atoms with Crippen LogP contribution in [0.15, 0.2) is 27.6 Å². The Hall–Kier alpha value is -1.01. The van der Waals surface area contributed by atoms with Crippen LogP contribution in [0.3, 0.4) is 0 Å². The molecular weight excluding hydrogens is 316 g/mol. The van der Waals surface area contributed by atoms with E-state index in [1.807, 2.05) is 6.07 Å². The highest BCUT2D eigenvalue weighted by molar-refractivity contribution is 9.10. The van der Waals surface area contributed by atoms with Gasteiger partial charge in [0.1, 0.15) is 0 Å². The van der Waals surface area contributed by atoms with Gasteiger partial charge in [-0.05, 0) is 18.2 Å². The van der Waals surface area contributed by atoms with Crippen molar-refractivity contribution in [3.8, 4) is 0 Å². The number of hydrogen-bond acceptors (Lipinski definition) is 3. The molecule has 18 heavy (non-hydrogen) atoms. The van der Waals surface area contributed by atoms with Crippen molar-refractivity contribution in [2.24, 2.45) is 0 Å². The summed E-state index contributed by atoms with van der Waals surface area (Å²) in [5.74, 6) is -0.0868. The molecule has 0 aromatic heterocycles. The lowest BCUT2D eigenvalue weighted by Crippen LogP contribution is -2.34. The molecule has 1 N–H and O–H groups in total. The molecule has 1 heterocycles. The van der Waals surface area contributed by atoms with Gasteiger partial charge in [-0.2, -0.15) is 0 Å². The van der Waals surface area contributed by atoms with Crippen molar-refractivity contribution in [3.63, 3.8) is 0 Å². The van der Waals surface area contributed by atoms with Crippen LogP contribution < -0.4 is 5.32 Å². The second kappa shape index (κ2) is 5.75. The van der Waals surface area contributed by atoms with Gasteiger partial charge >= 0.3 is 0 Å². The molecule has 0 unspecified atom stereocenters. The number of hydrogen-bond donors (Lipinski definition) is 2. The lowest BCUT2D eigenvalue weighted by atomic mass is 10.2. The Kier molecular flexibility index (Phi) is 4.29. The van der Waals surface area contributed by atoms with Crippen LogP contribution in [0.2, 0.25) is 0 Å². The first kappa shape index (κ1) is 13.4. The first-order valence-electron chi connectivity index (χ1n) is 5.62. The van der Waals surface area contributed by atoms with Gasteiger partial charge in [-0.3, -0.25) is 9.59 Å². The number of thiol groups is 1. The zero-order chi connectivity index (χ0) is 13.1. The summed E-state index contributed by atoms with van der Waals surface area (Å²) in [6, 6.07) is 5.35. The minimum atomic E-state index is -0.0796. The van der Waals surface area contributed by atoms with Gasteiger partial charge in [0.25, 0.3) is 5.91 Å². The number of nitrogens with one attached hydrogen (secondary N) is 1.